The van der Waals surface area contributed by atoms with E-state index >= 15 is 0 Å². The van der Waals surface area contributed by atoms with Crippen molar-refractivity contribution in [1.29, 1.82) is 5.26 Å². The van der Waals surface area contributed by atoms with E-state index in [9.17, 15) is 15.4 Å². The summed E-state index contributed by atoms with van der Waals surface area (Å²) in [7, 11) is 0. The van der Waals surface area contributed by atoms with Crippen LogP contribution in [-0.2, 0) is 5.41 Å². The third-order valence-corrected chi connectivity index (χ3v) is 5.94. The second-order valence-electron chi connectivity index (χ2n) is 7.30. The molecule has 0 saturated heterocycles. The molecule has 4 saturated carbocycles. The van der Waals surface area contributed by atoms with Gasteiger partial charge in [-0.3, -0.25) is 10.1 Å². The predicted octanol–water partition coefficient (Wildman–Crippen LogP) is 3.93. The van der Waals surface area contributed by atoms with Crippen molar-refractivity contribution in [3.8, 4) is 6.07 Å². The molecule has 4 aliphatic carbocycles. The summed E-state index contributed by atoms with van der Waals surface area (Å²) >= 11 is 0. The van der Waals surface area contributed by atoms with Gasteiger partial charge in [-0.25, -0.2) is 0 Å². The molecule has 1 aromatic carbocycles. The molecule has 0 atom stereocenters. The van der Waals surface area contributed by atoms with Crippen molar-refractivity contribution in [2.24, 2.45) is 17.8 Å². The Morgan fingerprint density at radius 3 is 2.19 bits per heavy atom. The Bertz CT molecular complexity index is 624. The number of nitrogens with zero attached hydrogens (tertiary/aromatic N) is 2. The van der Waals surface area contributed by atoms with Crippen LogP contribution >= 0.6 is 0 Å². The zero-order chi connectivity index (χ0) is 14.6. The highest BCUT2D eigenvalue weighted by atomic mass is 16.6. The zero-order valence-electron chi connectivity index (χ0n) is 11.9. The number of nitro groups is 1. The zero-order valence-corrected chi connectivity index (χ0v) is 11.9. The second-order valence-corrected chi connectivity index (χ2v) is 7.30. The molecule has 1 aromatic rings. The maximum absolute atomic E-state index is 11.1. The number of hydrogen-bond donors (Lipinski definition) is 0. The van der Waals surface area contributed by atoms with Crippen LogP contribution in [-0.4, -0.2) is 4.92 Å². The van der Waals surface area contributed by atoms with Crippen LogP contribution in [0, 0.1) is 39.2 Å². The largest absolute Gasteiger partial charge is 0.269 e. The summed E-state index contributed by atoms with van der Waals surface area (Å²) in [5, 5.41) is 20.5. The van der Waals surface area contributed by atoms with E-state index in [4.69, 9.17) is 0 Å². The fraction of sp³-hybridized carbons (Fsp3) is 0.588. The molecule has 4 aliphatic rings. The number of non-ortho nitro benzene ring substituents is 1. The molecule has 5 rings (SSSR count). The summed E-state index contributed by atoms with van der Waals surface area (Å²) in [5.41, 5.74) is 1.76. The van der Waals surface area contributed by atoms with Gasteiger partial charge in [-0.1, -0.05) is 0 Å². The molecule has 0 heterocycles. The molecule has 0 radical (unpaired) electrons. The molecule has 21 heavy (non-hydrogen) atoms. The van der Waals surface area contributed by atoms with Gasteiger partial charge in [-0.15, -0.1) is 0 Å². The van der Waals surface area contributed by atoms with Gasteiger partial charge in [0, 0.05) is 12.1 Å². The van der Waals surface area contributed by atoms with Gasteiger partial charge in [0.2, 0.25) is 0 Å². The lowest BCUT2D eigenvalue weighted by molar-refractivity contribution is -0.385. The fourth-order valence-corrected chi connectivity index (χ4v) is 5.62. The maximum atomic E-state index is 11.1. The Morgan fingerprint density at radius 2 is 1.71 bits per heavy atom. The van der Waals surface area contributed by atoms with Crippen LogP contribution in [0.5, 0.6) is 0 Å². The predicted molar refractivity (Wildman–Crippen MR) is 77.7 cm³/mol. The lowest BCUT2D eigenvalue weighted by Gasteiger charge is -2.57. The number of rotatable bonds is 2. The minimum Gasteiger partial charge on any atom is -0.258 e. The smallest absolute Gasteiger partial charge is 0.258 e. The van der Waals surface area contributed by atoms with Crippen LogP contribution < -0.4 is 0 Å². The van der Waals surface area contributed by atoms with Gasteiger partial charge >= 0.3 is 0 Å². The van der Waals surface area contributed by atoms with Gasteiger partial charge in [0.05, 0.1) is 16.6 Å². The van der Waals surface area contributed by atoms with E-state index in [2.05, 4.69) is 6.07 Å². The average Bonchev–Trinajstić information content (AvgIpc) is 2.45. The first-order valence-electron chi connectivity index (χ1n) is 7.79. The summed E-state index contributed by atoms with van der Waals surface area (Å²) in [6, 6.07) is 7.06. The molecule has 0 aliphatic heterocycles. The van der Waals surface area contributed by atoms with E-state index in [0.717, 1.165) is 42.6 Å². The van der Waals surface area contributed by atoms with Crippen LogP contribution in [0.25, 0.3) is 0 Å². The third-order valence-electron chi connectivity index (χ3n) is 5.94. The summed E-state index contributed by atoms with van der Waals surface area (Å²) in [6.45, 7) is 0. The minimum atomic E-state index is -0.342. The first kappa shape index (κ1) is 12.8. The number of hydrogen-bond acceptors (Lipinski definition) is 3. The lowest BCUT2D eigenvalue weighted by atomic mass is 9.47. The maximum Gasteiger partial charge on any atom is 0.269 e. The molecular formula is C17H18N2O2. The molecule has 0 N–H and O–H groups in total. The first-order valence-corrected chi connectivity index (χ1v) is 7.79. The summed E-state index contributed by atoms with van der Waals surface area (Å²) in [4.78, 5) is 10.8. The van der Waals surface area contributed by atoms with Gasteiger partial charge in [-0.05, 0) is 73.3 Å². The summed E-state index contributed by atoms with van der Waals surface area (Å²) in [5.74, 6) is 2.30. The number of nitriles is 1. The van der Waals surface area contributed by atoms with Gasteiger partial charge in [0.25, 0.3) is 5.69 Å². The topological polar surface area (TPSA) is 66.9 Å². The standard InChI is InChI=1S/C17H18N2O2/c18-10-14-1-2-15(19(20)21)6-16(14)17-7-11-3-12(8-17)5-13(4-11)9-17/h1-2,6,11-13H,3-5,7-9H2. The van der Waals surface area contributed by atoms with Crippen LogP contribution in [0.15, 0.2) is 18.2 Å². The molecule has 0 unspecified atom stereocenters. The molecule has 4 nitrogen and oxygen atoms in total. The van der Waals surface area contributed by atoms with Crippen molar-refractivity contribution in [1.82, 2.24) is 0 Å². The van der Waals surface area contributed by atoms with Crippen molar-refractivity contribution in [2.45, 2.75) is 43.9 Å². The van der Waals surface area contributed by atoms with E-state index in [1.807, 2.05) is 0 Å². The number of nitro benzene ring substituents is 1. The van der Waals surface area contributed by atoms with Crippen molar-refractivity contribution < 1.29 is 4.92 Å². The van der Waals surface area contributed by atoms with Crippen molar-refractivity contribution in [3.63, 3.8) is 0 Å². The normalized spacial score (nSPS) is 36.4. The third kappa shape index (κ3) is 1.87. The second kappa shape index (κ2) is 4.30. The van der Waals surface area contributed by atoms with E-state index in [1.54, 1.807) is 12.1 Å². The Balaban J connectivity index is 1.84. The Hall–Kier alpha value is -1.89. The molecule has 0 aromatic heterocycles. The van der Waals surface area contributed by atoms with E-state index in [-0.39, 0.29) is 16.0 Å². The van der Waals surface area contributed by atoms with E-state index < -0.39 is 0 Å². The number of benzene rings is 1. The Labute approximate surface area is 123 Å². The quantitative estimate of drug-likeness (QED) is 0.609. The van der Waals surface area contributed by atoms with E-state index in [0.29, 0.717) is 5.56 Å². The highest BCUT2D eigenvalue weighted by Crippen LogP contribution is 2.61. The molecule has 4 heteroatoms. The lowest BCUT2D eigenvalue weighted by Crippen LogP contribution is -2.48. The Kier molecular flexibility index (Phi) is 2.63. The van der Waals surface area contributed by atoms with Crippen LogP contribution in [0.2, 0.25) is 0 Å². The molecule has 4 bridgehead atoms. The minimum absolute atomic E-state index is 0.0336. The Morgan fingerprint density at radius 1 is 1.14 bits per heavy atom. The SMILES string of the molecule is N#Cc1ccc([N+](=O)[O-])cc1C12CC3CC(CC(C3)C1)C2. The summed E-state index contributed by atoms with van der Waals surface area (Å²) < 4.78 is 0. The van der Waals surface area contributed by atoms with Crippen LogP contribution in [0.1, 0.15) is 49.7 Å². The fourth-order valence-electron chi connectivity index (χ4n) is 5.62. The van der Waals surface area contributed by atoms with Gasteiger partial charge < -0.3 is 0 Å². The van der Waals surface area contributed by atoms with Gasteiger partial charge in [0.1, 0.15) is 0 Å². The van der Waals surface area contributed by atoms with Crippen LogP contribution in [0.3, 0.4) is 0 Å². The van der Waals surface area contributed by atoms with Crippen molar-refractivity contribution in [2.75, 3.05) is 0 Å². The molecule has 0 amide bonds. The summed E-state index contributed by atoms with van der Waals surface area (Å²) in [6.07, 6.45) is 7.35. The van der Waals surface area contributed by atoms with Gasteiger partial charge in [-0.2, -0.15) is 5.26 Å². The van der Waals surface area contributed by atoms with Gasteiger partial charge in [0.15, 0.2) is 0 Å². The average molecular weight is 282 g/mol. The molecule has 108 valence electrons. The van der Waals surface area contributed by atoms with Crippen molar-refractivity contribution >= 4 is 5.69 Å². The van der Waals surface area contributed by atoms with Crippen molar-refractivity contribution in [3.05, 3.63) is 39.4 Å². The monoisotopic (exact) mass is 282 g/mol. The molecule has 4 fully saturated rings. The highest BCUT2D eigenvalue weighted by molar-refractivity contribution is 5.50. The highest BCUT2D eigenvalue weighted by Gasteiger charge is 2.52. The molecular weight excluding hydrogens is 264 g/mol. The first-order chi connectivity index (χ1) is 10.1. The van der Waals surface area contributed by atoms with E-state index in [1.165, 1.54) is 25.3 Å². The molecule has 0 spiro atoms. The van der Waals surface area contributed by atoms with Crippen LogP contribution in [0.4, 0.5) is 5.69 Å².